The van der Waals surface area contributed by atoms with E-state index in [0.717, 1.165) is 21.4 Å². The number of para-hydroxylation sites is 1. The zero-order valence-corrected chi connectivity index (χ0v) is 15.8. The molecule has 1 aliphatic heterocycles. The molecule has 3 aromatic rings. The maximum atomic E-state index is 12.4. The third kappa shape index (κ3) is 3.27. The molecule has 4 rings (SSSR count). The van der Waals surface area contributed by atoms with Crippen LogP contribution >= 0.6 is 11.6 Å². The molecule has 0 bridgehead atoms. The summed E-state index contributed by atoms with van der Waals surface area (Å²) in [6.45, 7) is 0.510. The van der Waals surface area contributed by atoms with Gasteiger partial charge in [-0.3, -0.25) is 19.3 Å². The van der Waals surface area contributed by atoms with Gasteiger partial charge in [0.15, 0.2) is 0 Å². The van der Waals surface area contributed by atoms with Crippen LogP contribution in [0.4, 0.5) is 0 Å². The number of hydrogen-bond acceptors (Lipinski definition) is 3. The van der Waals surface area contributed by atoms with Crippen LogP contribution in [0.3, 0.4) is 0 Å². The third-order valence-corrected chi connectivity index (χ3v) is 5.22. The fourth-order valence-corrected chi connectivity index (χ4v) is 3.73. The monoisotopic (exact) mass is 395 g/mol. The van der Waals surface area contributed by atoms with Crippen LogP contribution in [0.1, 0.15) is 32.7 Å². The van der Waals surface area contributed by atoms with Crippen LogP contribution in [0.15, 0.2) is 48.7 Å². The lowest BCUT2D eigenvalue weighted by atomic mass is 10.1. The van der Waals surface area contributed by atoms with E-state index >= 15 is 0 Å². The van der Waals surface area contributed by atoms with Gasteiger partial charge >= 0.3 is 0 Å². The Morgan fingerprint density at radius 3 is 2.71 bits per heavy atom. The summed E-state index contributed by atoms with van der Waals surface area (Å²) in [5, 5.41) is 4.23. The second-order valence-electron chi connectivity index (χ2n) is 6.63. The first-order chi connectivity index (χ1) is 13.6. The number of fused-ring (bicyclic) bond motifs is 2. The first-order valence-corrected chi connectivity index (χ1v) is 9.40. The molecule has 0 saturated carbocycles. The highest BCUT2D eigenvalue weighted by molar-refractivity contribution is 6.37. The van der Waals surface area contributed by atoms with Gasteiger partial charge in [0.05, 0.1) is 16.1 Å². The van der Waals surface area contributed by atoms with E-state index in [1.165, 1.54) is 0 Å². The number of hydrogen-bond donors (Lipinski definition) is 2. The molecule has 2 heterocycles. The second-order valence-corrected chi connectivity index (χ2v) is 7.04. The minimum Gasteiger partial charge on any atom is -0.361 e. The molecule has 0 fully saturated rings. The van der Waals surface area contributed by atoms with Crippen molar-refractivity contribution in [1.29, 1.82) is 0 Å². The summed E-state index contributed by atoms with van der Waals surface area (Å²) in [5.41, 5.74) is 2.70. The van der Waals surface area contributed by atoms with Crippen LogP contribution in [0.25, 0.3) is 10.9 Å². The Labute approximate surface area is 166 Å². The van der Waals surface area contributed by atoms with Crippen molar-refractivity contribution in [3.63, 3.8) is 0 Å². The maximum absolute atomic E-state index is 12.4. The van der Waals surface area contributed by atoms with Gasteiger partial charge in [0.1, 0.15) is 0 Å². The van der Waals surface area contributed by atoms with Crippen molar-refractivity contribution >= 4 is 40.2 Å². The number of aromatic nitrogens is 1. The molecule has 0 aliphatic carbocycles. The minimum atomic E-state index is -0.447. The predicted molar refractivity (Wildman–Crippen MR) is 106 cm³/mol. The molecule has 2 N–H and O–H groups in total. The molecular weight excluding hydrogens is 378 g/mol. The van der Waals surface area contributed by atoms with E-state index in [2.05, 4.69) is 10.3 Å². The van der Waals surface area contributed by atoms with E-state index in [9.17, 15) is 14.4 Å². The number of nitrogens with zero attached hydrogens (tertiary/aromatic N) is 1. The molecule has 0 spiro atoms. The standard InChI is InChI=1S/C21H18ClN3O3/c22-16-6-3-5-15-19(16)21(28)25(20(15)27)11-9-18(26)23-10-8-13-12-24-17-7-2-1-4-14(13)17/h1-7,12,24H,8-11H2,(H,23,26). The number of H-pyrrole nitrogens is 1. The SMILES string of the molecule is O=C(CCN1C(=O)c2cccc(Cl)c2C1=O)NCCc1c[nH]c2ccccc12. The molecule has 2 aromatic carbocycles. The van der Waals surface area contributed by atoms with Crippen LogP contribution in [-0.4, -0.2) is 40.7 Å². The first kappa shape index (κ1) is 18.3. The topological polar surface area (TPSA) is 82.3 Å². The lowest BCUT2D eigenvalue weighted by Gasteiger charge is -2.13. The van der Waals surface area contributed by atoms with Gasteiger partial charge < -0.3 is 10.3 Å². The Morgan fingerprint density at radius 2 is 1.89 bits per heavy atom. The average Bonchev–Trinajstić information content (AvgIpc) is 3.21. The van der Waals surface area contributed by atoms with Gasteiger partial charge in [-0.25, -0.2) is 0 Å². The maximum Gasteiger partial charge on any atom is 0.263 e. The highest BCUT2D eigenvalue weighted by atomic mass is 35.5. The smallest absolute Gasteiger partial charge is 0.263 e. The molecule has 142 valence electrons. The Hall–Kier alpha value is -3.12. The van der Waals surface area contributed by atoms with Crippen molar-refractivity contribution in [3.05, 3.63) is 70.4 Å². The number of benzene rings is 2. The molecule has 3 amide bonds. The summed E-state index contributed by atoms with van der Waals surface area (Å²) < 4.78 is 0. The zero-order valence-electron chi connectivity index (χ0n) is 15.0. The molecule has 0 saturated heterocycles. The van der Waals surface area contributed by atoms with Crippen molar-refractivity contribution in [3.8, 4) is 0 Å². The Morgan fingerprint density at radius 1 is 1.07 bits per heavy atom. The predicted octanol–water partition coefficient (Wildman–Crippen LogP) is 3.17. The fraction of sp³-hybridized carbons (Fsp3) is 0.190. The summed E-state index contributed by atoms with van der Waals surface area (Å²) >= 11 is 6.04. The van der Waals surface area contributed by atoms with Crippen molar-refractivity contribution in [1.82, 2.24) is 15.2 Å². The number of aromatic amines is 1. The molecule has 0 atom stereocenters. The van der Waals surface area contributed by atoms with E-state index in [1.54, 1.807) is 18.2 Å². The number of imide groups is 1. The molecule has 0 unspecified atom stereocenters. The van der Waals surface area contributed by atoms with Crippen LogP contribution in [0, 0.1) is 0 Å². The molecular formula is C21H18ClN3O3. The lowest BCUT2D eigenvalue weighted by molar-refractivity contribution is -0.121. The molecule has 0 radical (unpaired) electrons. The van der Waals surface area contributed by atoms with Gasteiger partial charge in [-0.05, 0) is 30.2 Å². The molecule has 6 nitrogen and oxygen atoms in total. The van der Waals surface area contributed by atoms with E-state index in [1.807, 2.05) is 30.5 Å². The third-order valence-electron chi connectivity index (χ3n) is 4.90. The summed E-state index contributed by atoms with van der Waals surface area (Å²) in [6.07, 6.45) is 2.69. The number of halogens is 1. The van der Waals surface area contributed by atoms with Gasteiger partial charge in [-0.1, -0.05) is 35.9 Å². The molecule has 1 aromatic heterocycles. The normalized spacial score (nSPS) is 13.2. The van der Waals surface area contributed by atoms with Crippen molar-refractivity contribution in [2.75, 3.05) is 13.1 Å². The number of amides is 3. The van der Waals surface area contributed by atoms with Crippen LogP contribution in [0.2, 0.25) is 5.02 Å². The summed E-state index contributed by atoms with van der Waals surface area (Å²) in [6, 6.07) is 12.8. The zero-order chi connectivity index (χ0) is 19.7. The molecule has 1 aliphatic rings. The summed E-state index contributed by atoms with van der Waals surface area (Å²) in [7, 11) is 0. The number of rotatable bonds is 6. The van der Waals surface area contributed by atoms with E-state index < -0.39 is 11.8 Å². The quantitative estimate of drug-likeness (QED) is 0.629. The van der Waals surface area contributed by atoms with E-state index in [0.29, 0.717) is 13.0 Å². The van der Waals surface area contributed by atoms with Gasteiger partial charge in [0.25, 0.3) is 11.8 Å². The fourth-order valence-electron chi connectivity index (χ4n) is 3.47. The highest BCUT2D eigenvalue weighted by Crippen LogP contribution is 2.29. The van der Waals surface area contributed by atoms with E-state index in [-0.39, 0.29) is 35.0 Å². The van der Waals surface area contributed by atoms with Crippen LogP contribution in [-0.2, 0) is 11.2 Å². The number of carbonyl (C=O) groups excluding carboxylic acids is 3. The molecule has 7 heteroatoms. The van der Waals surface area contributed by atoms with Crippen LogP contribution in [0.5, 0.6) is 0 Å². The van der Waals surface area contributed by atoms with Gasteiger partial charge in [-0.15, -0.1) is 0 Å². The Balaban J connectivity index is 1.30. The van der Waals surface area contributed by atoms with Crippen LogP contribution < -0.4 is 5.32 Å². The summed E-state index contributed by atoms with van der Waals surface area (Å²) in [4.78, 5) is 41.2. The second kappa shape index (κ2) is 7.48. The Bertz CT molecular complexity index is 1090. The largest absolute Gasteiger partial charge is 0.361 e. The Kier molecular flexibility index (Phi) is 4.88. The minimum absolute atomic E-state index is 0.0294. The number of nitrogens with one attached hydrogen (secondary N) is 2. The van der Waals surface area contributed by atoms with Crippen molar-refractivity contribution in [2.24, 2.45) is 0 Å². The van der Waals surface area contributed by atoms with Gasteiger partial charge in [-0.2, -0.15) is 0 Å². The van der Waals surface area contributed by atoms with Gasteiger partial charge in [0.2, 0.25) is 5.91 Å². The van der Waals surface area contributed by atoms with Crippen molar-refractivity contribution in [2.45, 2.75) is 12.8 Å². The first-order valence-electron chi connectivity index (χ1n) is 9.02. The van der Waals surface area contributed by atoms with E-state index in [4.69, 9.17) is 11.6 Å². The average molecular weight is 396 g/mol. The highest BCUT2D eigenvalue weighted by Gasteiger charge is 2.36. The molecule has 28 heavy (non-hydrogen) atoms. The lowest BCUT2D eigenvalue weighted by Crippen LogP contribution is -2.35. The number of carbonyl (C=O) groups is 3. The van der Waals surface area contributed by atoms with Gasteiger partial charge in [0, 0.05) is 36.6 Å². The van der Waals surface area contributed by atoms with Crippen molar-refractivity contribution < 1.29 is 14.4 Å². The summed E-state index contributed by atoms with van der Waals surface area (Å²) in [5.74, 6) is -1.06.